The summed E-state index contributed by atoms with van der Waals surface area (Å²) in [6, 6.07) is 5.77. The fraction of sp³-hybridized carbons (Fsp3) is 0.625. The Morgan fingerprint density at radius 2 is 2.03 bits per heavy atom. The Kier molecular flexibility index (Phi) is 6.01. The van der Waals surface area contributed by atoms with Crippen LogP contribution < -0.4 is 11.1 Å². The van der Waals surface area contributed by atoms with Crippen LogP contribution >= 0.6 is 0 Å². The molecule has 3 saturated heterocycles. The van der Waals surface area contributed by atoms with Gasteiger partial charge in [0.05, 0.1) is 6.10 Å². The summed E-state index contributed by atoms with van der Waals surface area (Å²) >= 11 is 0. The molecule has 1 aromatic carbocycles. The first-order valence-corrected chi connectivity index (χ1v) is 11.8. The number of ether oxygens (including phenoxy) is 1. The van der Waals surface area contributed by atoms with E-state index in [-0.39, 0.29) is 36.3 Å². The van der Waals surface area contributed by atoms with Gasteiger partial charge in [-0.15, -0.1) is 0 Å². The number of piperidine rings is 2. The highest BCUT2D eigenvalue weighted by molar-refractivity contribution is 6.05. The van der Waals surface area contributed by atoms with Crippen LogP contribution in [0.1, 0.15) is 60.0 Å². The summed E-state index contributed by atoms with van der Waals surface area (Å²) in [6.45, 7) is 4.02. The Morgan fingerprint density at radius 1 is 1.16 bits per heavy atom. The van der Waals surface area contributed by atoms with Crippen molar-refractivity contribution >= 4 is 17.7 Å². The van der Waals surface area contributed by atoms with Gasteiger partial charge in [-0.25, -0.2) is 0 Å². The van der Waals surface area contributed by atoms with E-state index in [0.717, 1.165) is 56.6 Å². The molecule has 4 unspecified atom stereocenters. The van der Waals surface area contributed by atoms with Gasteiger partial charge in [0, 0.05) is 44.3 Å². The molecule has 0 radical (unpaired) electrons. The van der Waals surface area contributed by atoms with Crippen molar-refractivity contribution in [3.05, 3.63) is 34.9 Å². The zero-order valence-electron chi connectivity index (χ0n) is 18.4. The van der Waals surface area contributed by atoms with Gasteiger partial charge in [-0.05, 0) is 61.8 Å². The van der Waals surface area contributed by atoms with Crippen molar-refractivity contribution in [2.45, 2.75) is 69.8 Å². The van der Waals surface area contributed by atoms with Gasteiger partial charge in [0.1, 0.15) is 6.04 Å². The Bertz CT molecular complexity index is 919. The van der Waals surface area contributed by atoms with E-state index in [0.29, 0.717) is 24.4 Å². The Morgan fingerprint density at radius 3 is 2.84 bits per heavy atom. The number of rotatable bonds is 4. The molecule has 3 fully saturated rings. The van der Waals surface area contributed by atoms with Crippen molar-refractivity contribution in [3.63, 3.8) is 0 Å². The zero-order chi connectivity index (χ0) is 22.2. The van der Waals surface area contributed by atoms with E-state index in [4.69, 9.17) is 10.5 Å². The third-order valence-electron chi connectivity index (χ3n) is 7.42. The molecule has 0 saturated carbocycles. The first-order chi connectivity index (χ1) is 15.5. The second-order valence-electron chi connectivity index (χ2n) is 9.72. The van der Waals surface area contributed by atoms with Crippen molar-refractivity contribution in [3.8, 4) is 0 Å². The number of carbonyl (C=O) groups excluding carboxylic acids is 3. The third kappa shape index (κ3) is 4.31. The maximum absolute atomic E-state index is 13.1. The first kappa shape index (κ1) is 21.6. The van der Waals surface area contributed by atoms with Crippen molar-refractivity contribution in [1.29, 1.82) is 0 Å². The standard InChI is InChI=1S/C24H32N4O4/c25-18-7-9-32-21(11-18)17-2-1-8-27(13-17)12-15-3-4-16-14-28(24(31)19(16)10-15)20-5-6-22(29)26-23(20)30/h3-4,10,17-18,20-21H,1-2,5-9,11-14,25H2,(H,26,29,30). The normalized spacial score (nSPS) is 31.5. The van der Waals surface area contributed by atoms with Gasteiger partial charge in [0.15, 0.2) is 0 Å². The molecule has 3 amide bonds. The van der Waals surface area contributed by atoms with Gasteiger partial charge in [-0.2, -0.15) is 0 Å². The Labute approximate surface area is 188 Å². The van der Waals surface area contributed by atoms with Crippen LogP contribution in [-0.2, 0) is 27.4 Å². The summed E-state index contributed by atoms with van der Waals surface area (Å²) in [5.74, 6) is -0.239. The number of carbonyl (C=O) groups is 3. The molecular weight excluding hydrogens is 408 g/mol. The van der Waals surface area contributed by atoms with E-state index in [1.54, 1.807) is 4.90 Å². The molecule has 32 heavy (non-hydrogen) atoms. The fourth-order valence-corrected chi connectivity index (χ4v) is 5.68. The number of amides is 3. The molecule has 0 aromatic heterocycles. The lowest BCUT2D eigenvalue weighted by atomic mass is 9.87. The number of hydrogen-bond acceptors (Lipinski definition) is 6. The fourth-order valence-electron chi connectivity index (χ4n) is 5.68. The lowest BCUT2D eigenvalue weighted by molar-refractivity contribution is -0.136. The number of nitrogens with zero attached hydrogens (tertiary/aromatic N) is 2. The number of benzene rings is 1. The molecule has 3 N–H and O–H groups in total. The number of nitrogens with two attached hydrogens (primary N) is 1. The minimum absolute atomic E-state index is 0.113. The predicted octanol–water partition coefficient (Wildman–Crippen LogP) is 1.17. The number of imide groups is 1. The average Bonchev–Trinajstić information content (AvgIpc) is 3.10. The molecule has 4 heterocycles. The van der Waals surface area contributed by atoms with Crippen LogP contribution in [0.25, 0.3) is 0 Å². The molecule has 0 bridgehead atoms. The molecule has 5 rings (SSSR count). The Balaban J connectivity index is 1.24. The van der Waals surface area contributed by atoms with E-state index >= 15 is 0 Å². The zero-order valence-corrected chi connectivity index (χ0v) is 18.4. The molecule has 4 atom stereocenters. The molecule has 0 spiro atoms. The lowest BCUT2D eigenvalue weighted by Gasteiger charge is -2.39. The van der Waals surface area contributed by atoms with E-state index < -0.39 is 6.04 Å². The lowest BCUT2D eigenvalue weighted by Crippen LogP contribution is -2.52. The van der Waals surface area contributed by atoms with Crippen LogP contribution in [0.2, 0.25) is 0 Å². The Hall–Kier alpha value is -2.29. The summed E-state index contributed by atoms with van der Waals surface area (Å²) in [7, 11) is 0. The largest absolute Gasteiger partial charge is 0.378 e. The van der Waals surface area contributed by atoms with Gasteiger partial charge < -0.3 is 15.4 Å². The molecule has 4 aliphatic rings. The highest BCUT2D eigenvalue weighted by atomic mass is 16.5. The maximum atomic E-state index is 13.1. The highest BCUT2D eigenvalue weighted by Gasteiger charge is 2.39. The van der Waals surface area contributed by atoms with Gasteiger partial charge in [-0.3, -0.25) is 24.6 Å². The van der Waals surface area contributed by atoms with Crippen LogP contribution in [0.4, 0.5) is 0 Å². The van der Waals surface area contributed by atoms with Gasteiger partial charge in [0.25, 0.3) is 5.91 Å². The highest BCUT2D eigenvalue weighted by Crippen LogP contribution is 2.31. The van der Waals surface area contributed by atoms with E-state index in [2.05, 4.69) is 16.3 Å². The summed E-state index contributed by atoms with van der Waals surface area (Å²) in [5.41, 5.74) is 8.91. The van der Waals surface area contributed by atoms with Gasteiger partial charge in [-0.1, -0.05) is 12.1 Å². The number of fused-ring (bicyclic) bond motifs is 1. The summed E-state index contributed by atoms with van der Waals surface area (Å²) in [5, 5.41) is 2.36. The molecule has 8 heteroatoms. The second-order valence-corrected chi connectivity index (χ2v) is 9.72. The summed E-state index contributed by atoms with van der Waals surface area (Å²) in [4.78, 5) is 40.8. The SMILES string of the molecule is NC1CCOC(C2CCCN(Cc3ccc4c(c3)C(=O)N(C3CCC(=O)NC3=O)C4)C2)C1. The second kappa shape index (κ2) is 8.92. The molecular formula is C24H32N4O4. The number of hydrogen-bond donors (Lipinski definition) is 2. The van der Waals surface area contributed by atoms with Crippen molar-refractivity contribution in [1.82, 2.24) is 15.1 Å². The van der Waals surface area contributed by atoms with Crippen LogP contribution in [0.5, 0.6) is 0 Å². The predicted molar refractivity (Wildman–Crippen MR) is 117 cm³/mol. The van der Waals surface area contributed by atoms with Gasteiger partial charge in [0.2, 0.25) is 11.8 Å². The molecule has 0 aliphatic carbocycles. The minimum atomic E-state index is -0.569. The molecule has 172 valence electrons. The third-order valence-corrected chi connectivity index (χ3v) is 7.42. The number of nitrogens with one attached hydrogen (secondary N) is 1. The van der Waals surface area contributed by atoms with Crippen molar-refractivity contribution in [2.24, 2.45) is 11.7 Å². The van der Waals surface area contributed by atoms with Crippen molar-refractivity contribution < 1.29 is 19.1 Å². The van der Waals surface area contributed by atoms with Crippen LogP contribution in [0, 0.1) is 5.92 Å². The van der Waals surface area contributed by atoms with Gasteiger partial charge >= 0.3 is 0 Å². The van der Waals surface area contributed by atoms with Crippen LogP contribution in [-0.4, -0.2) is 65.4 Å². The molecule has 1 aromatic rings. The minimum Gasteiger partial charge on any atom is -0.378 e. The molecule has 4 aliphatic heterocycles. The van der Waals surface area contributed by atoms with E-state index in [1.165, 1.54) is 6.42 Å². The quantitative estimate of drug-likeness (QED) is 0.681. The van der Waals surface area contributed by atoms with Crippen LogP contribution in [0.15, 0.2) is 18.2 Å². The number of likely N-dealkylation sites (tertiary alicyclic amines) is 1. The average molecular weight is 441 g/mol. The van der Waals surface area contributed by atoms with E-state index in [9.17, 15) is 14.4 Å². The maximum Gasteiger partial charge on any atom is 0.255 e. The monoisotopic (exact) mass is 440 g/mol. The first-order valence-electron chi connectivity index (χ1n) is 11.8. The summed E-state index contributed by atoms with van der Waals surface area (Å²) < 4.78 is 6.04. The summed E-state index contributed by atoms with van der Waals surface area (Å²) in [6.07, 6.45) is 5.13. The van der Waals surface area contributed by atoms with Crippen molar-refractivity contribution in [2.75, 3.05) is 19.7 Å². The van der Waals surface area contributed by atoms with E-state index in [1.807, 2.05) is 12.1 Å². The van der Waals surface area contributed by atoms with Crippen LogP contribution in [0.3, 0.4) is 0 Å². The molecule has 8 nitrogen and oxygen atoms in total. The smallest absolute Gasteiger partial charge is 0.255 e. The topological polar surface area (TPSA) is 105 Å².